The third kappa shape index (κ3) is 2.42. The minimum Gasteiger partial charge on any atom is -0.381 e. The molecule has 76 valence electrons. The maximum absolute atomic E-state index is 5.94. The van der Waals surface area contributed by atoms with Crippen molar-refractivity contribution in [2.75, 3.05) is 20.3 Å². The Kier molecular flexibility index (Phi) is 3.19. The van der Waals surface area contributed by atoms with E-state index in [1.54, 1.807) is 0 Å². The van der Waals surface area contributed by atoms with Gasteiger partial charge in [0.25, 0.3) is 0 Å². The van der Waals surface area contributed by atoms with E-state index in [4.69, 9.17) is 9.47 Å². The minimum atomic E-state index is 0.469. The summed E-state index contributed by atoms with van der Waals surface area (Å²) in [6.07, 6.45) is 5.53. The lowest BCUT2D eigenvalue weighted by Gasteiger charge is -2.38. The first kappa shape index (κ1) is 9.44. The molecule has 0 atom stereocenters. The summed E-state index contributed by atoms with van der Waals surface area (Å²) in [5, 5.41) is 3.26. The second kappa shape index (κ2) is 4.40. The van der Waals surface area contributed by atoms with Crippen molar-refractivity contribution < 1.29 is 9.47 Å². The lowest BCUT2D eigenvalue weighted by Crippen LogP contribution is -2.45. The van der Waals surface area contributed by atoms with Gasteiger partial charge in [-0.2, -0.15) is 0 Å². The van der Waals surface area contributed by atoms with Crippen LogP contribution in [-0.2, 0) is 9.47 Å². The molecule has 2 aliphatic rings. The summed E-state index contributed by atoms with van der Waals surface area (Å²) in [7, 11) is 2.02. The lowest BCUT2D eigenvalue weighted by molar-refractivity contribution is -0.100. The van der Waals surface area contributed by atoms with E-state index < -0.39 is 0 Å². The summed E-state index contributed by atoms with van der Waals surface area (Å²) in [5.74, 6) is 0. The average molecular weight is 185 g/mol. The monoisotopic (exact) mass is 185 g/mol. The van der Waals surface area contributed by atoms with Crippen LogP contribution in [0.4, 0.5) is 0 Å². The molecule has 0 spiro atoms. The molecule has 13 heavy (non-hydrogen) atoms. The largest absolute Gasteiger partial charge is 0.381 e. The van der Waals surface area contributed by atoms with Crippen LogP contribution >= 0.6 is 0 Å². The third-order valence-corrected chi connectivity index (χ3v) is 3.06. The summed E-state index contributed by atoms with van der Waals surface area (Å²) in [6, 6.07) is 0.699. The Balaban J connectivity index is 1.62. The second-order valence-corrected chi connectivity index (χ2v) is 4.03. The van der Waals surface area contributed by atoms with Crippen molar-refractivity contribution in [3.05, 3.63) is 0 Å². The molecule has 3 nitrogen and oxygen atoms in total. The number of hydrogen-bond acceptors (Lipinski definition) is 3. The fraction of sp³-hybridized carbons (Fsp3) is 1.00. The van der Waals surface area contributed by atoms with Crippen LogP contribution in [0.2, 0.25) is 0 Å². The summed E-state index contributed by atoms with van der Waals surface area (Å²) in [5.41, 5.74) is 0. The molecule has 2 rings (SSSR count). The van der Waals surface area contributed by atoms with Crippen LogP contribution in [0.1, 0.15) is 25.7 Å². The summed E-state index contributed by atoms with van der Waals surface area (Å²) in [6.45, 7) is 1.76. The predicted molar refractivity (Wildman–Crippen MR) is 50.8 cm³/mol. The molecule has 1 saturated heterocycles. The predicted octanol–water partition coefficient (Wildman–Crippen LogP) is 0.932. The zero-order valence-corrected chi connectivity index (χ0v) is 8.29. The lowest BCUT2D eigenvalue weighted by atomic mass is 9.89. The Hall–Kier alpha value is -0.120. The van der Waals surface area contributed by atoms with Gasteiger partial charge in [-0.15, -0.1) is 0 Å². The third-order valence-electron chi connectivity index (χ3n) is 3.06. The highest BCUT2D eigenvalue weighted by molar-refractivity contribution is 4.85. The molecule has 0 aromatic heterocycles. The topological polar surface area (TPSA) is 30.5 Å². The van der Waals surface area contributed by atoms with E-state index in [2.05, 4.69) is 5.32 Å². The number of hydrogen-bond donors (Lipinski definition) is 1. The van der Waals surface area contributed by atoms with Crippen molar-refractivity contribution in [1.82, 2.24) is 5.32 Å². The van der Waals surface area contributed by atoms with Crippen molar-refractivity contribution >= 4 is 0 Å². The summed E-state index contributed by atoms with van der Waals surface area (Å²) in [4.78, 5) is 0. The SMILES string of the molecule is CNC1CC(OC2CCOCC2)C1. The molecule has 2 fully saturated rings. The first-order valence-corrected chi connectivity index (χ1v) is 5.29. The molecule has 1 N–H and O–H groups in total. The van der Waals surface area contributed by atoms with Crippen LogP contribution in [0.25, 0.3) is 0 Å². The van der Waals surface area contributed by atoms with Crippen molar-refractivity contribution in [3.63, 3.8) is 0 Å². The Bertz CT molecular complexity index is 151. The maximum Gasteiger partial charge on any atom is 0.0622 e. The van der Waals surface area contributed by atoms with E-state index in [-0.39, 0.29) is 0 Å². The zero-order chi connectivity index (χ0) is 9.10. The van der Waals surface area contributed by atoms with Gasteiger partial charge in [-0.05, 0) is 32.7 Å². The molecule has 1 heterocycles. The first-order chi connectivity index (χ1) is 6.38. The Morgan fingerprint density at radius 1 is 1.15 bits per heavy atom. The van der Waals surface area contributed by atoms with Crippen LogP contribution in [0, 0.1) is 0 Å². The average Bonchev–Trinajstić information content (AvgIpc) is 2.12. The Morgan fingerprint density at radius 3 is 2.46 bits per heavy atom. The molecule has 0 amide bonds. The highest BCUT2D eigenvalue weighted by atomic mass is 16.5. The van der Waals surface area contributed by atoms with Crippen LogP contribution < -0.4 is 5.32 Å². The number of rotatable bonds is 3. The van der Waals surface area contributed by atoms with E-state index in [1.807, 2.05) is 7.05 Å². The van der Waals surface area contributed by atoms with Crippen molar-refractivity contribution in [2.45, 2.75) is 43.9 Å². The highest BCUT2D eigenvalue weighted by Gasteiger charge is 2.31. The van der Waals surface area contributed by atoms with Crippen molar-refractivity contribution in [2.24, 2.45) is 0 Å². The molecule has 0 unspecified atom stereocenters. The second-order valence-electron chi connectivity index (χ2n) is 4.03. The first-order valence-electron chi connectivity index (χ1n) is 5.29. The van der Waals surface area contributed by atoms with Crippen LogP contribution in [0.3, 0.4) is 0 Å². The maximum atomic E-state index is 5.94. The number of ether oxygens (including phenoxy) is 2. The molecule has 1 saturated carbocycles. The molecule has 1 aliphatic carbocycles. The molecule has 0 bridgehead atoms. The fourth-order valence-electron chi connectivity index (χ4n) is 2.00. The van der Waals surface area contributed by atoms with E-state index in [0.717, 1.165) is 26.1 Å². The minimum absolute atomic E-state index is 0.469. The Morgan fingerprint density at radius 2 is 1.85 bits per heavy atom. The van der Waals surface area contributed by atoms with Gasteiger partial charge in [-0.1, -0.05) is 0 Å². The van der Waals surface area contributed by atoms with Gasteiger partial charge < -0.3 is 14.8 Å². The van der Waals surface area contributed by atoms with Crippen molar-refractivity contribution in [3.8, 4) is 0 Å². The van der Waals surface area contributed by atoms with Gasteiger partial charge in [0.2, 0.25) is 0 Å². The van der Waals surface area contributed by atoms with Crippen LogP contribution in [-0.4, -0.2) is 38.5 Å². The molecule has 1 aliphatic heterocycles. The molecular formula is C10H19NO2. The standard InChI is InChI=1S/C10H19NO2/c1-11-8-6-10(7-8)13-9-2-4-12-5-3-9/h8-11H,2-7H2,1H3. The van der Waals surface area contributed by atoms with E-state index in [0.29, 0.717) is 18.2 Å². The summed E-state index contributed by atoms with van der Waals surface area (Å²) >= 11 is 0. The number of nitrogens with one attached hydrogen (secondary N) is 1. The fourth-order valence-corrected chi connectivity index (χ4v) is 2.00. The van der Waals surface area contributed by atoms with E-state index in [1.165, 1.54) is 12.8 Å². The van der Waals surface area contributed by atoms with E-state index >= 15 is 0 Å². The highest BCUT2D eigenvalue weighted by Crippen LogP contribution is 2.26. The smallest absolute Gasteiger partial charge is 0.0622 e. The Labute approximate surface area is 79.8 Å². The van der Waals surface area contributed by atoms with Gasteiger partial charge >= 0.3 is 0 Å². The quantitative estimate of drug-likeness (QED) is 0.709. The van der Waals surface area contributed by atoms with Gasteiger partial charge in [0.05, 0.1) is 12.2 Å². The van der Waals surface area contributed by atoms with Gasteiger partial charge in [0, 0.05) is 19.3 Å². The molecule has 0 aromatic rings. The molecule has 0 aromatic carbocycles. The van der Waals surface area contributed by atoms with Gasteiger partial charge in [0.1, 0.15) is 0 Å². The van der Waals surface area contributed by atoms with Gasteiger partial charge in [-0.3, -0.25) is 0 Å². The van der Waals surface area contributed by atoms with Crippen molar-refractivity contribution in [1.29, 1.82) is 0 Å². The summed E-state index contributed by atoms with van der Waals surface area (Å²) < 4.78 is 11.2. The van der Waals surface area contributed by atoms with E-state index in [9.17, 15) is 0 Å². The molecule has 0 radical (unpaired) electrons. The zero-order valence-electron chi connectivity index (χ0n) is 8.29. The molecule has 3 heteroatoms. The van der Waals surface area contributed by atoms with Gasteiger partial charge in [0.15, 0.2) is 0 Å². The van der Waals surface area contributed by atoms with Crippen LogP contribution in [0.5, 0.6) is 0 Å². The molecular weight excluding hydrogens is 166 g/mol. The van der Waals surface area contributed by atoms with Crippen LogP contribution in [0.15, 0.2) is 0 Å². The normalized spacial score (nSPS) is 35.8. The van der Waals surface area contributed by atoms with Gasteiger partial charge in [-0.25, -0.2) is 0 Å².